The van der Waals surface area contributed by atoms with Gasteiger partial charge in [0.2, 0.25) is 0 Å². The van der Waals surface area contributed by atoms with Crippen molar-refractivity contribution < 1.29 is 9.90 Å². The number of fused-ring (bicyclic) bond motifs is 1. The van der Waals surface area contributed by atoms with Crippen molar-refractivity contribution in [3.8, 4) is 0 Å². The van der Waals surface area contributed by atoms with Crippen LogP contribution in [0.5, 0.6) is 0 Å². The molecule has 0 heterocycles. The molecule has 2 N–H and O–H groups in total. The number of benzene rings is 2. The third-order valence-corrected chi connectivity index (χ3v) is 2.84. The number of hydrogen-bond acceptors (Lipinski definition) is 2. The third-order valence-electron chi connectivity index (χ3n) is 2.84. The van der Waals surface area contributed by atoms with Crippen molar-refractivity contribution in [2.45, 2.75) is 6.54 Å². The molecular formula is C15H15NO2. The summed E-state index contributed by atoms with van der Waals surface area (Å²) in [6, 6.07) is 14.3. The van der Waals surface area contributed by atoms with Crippen LogP contribution in [-0.4, -0.2) is 17.6 Å². The molecule has 0 saturated carbocycles. The predicted octanol–water partition coefficient (Wildman–Crippen LogP) is 2.57. The number of aliphatic carboxylic acids is 1. The number of rotatable bonds is 5. The Morgan fingerprint density at radius 1 is 1.17 bits per heavy atom. The molecule has 0 aliphatic carbocycles. The summed E-state index contributed by atoms with van der Waals surface area (Å²) in [6.45, 7) is 4.41. The van der Waals surface area contributed by atoms with Crippen LogP contribution in [0.25, 0.3) is 10.8 Å². The van der Waals surface area contributed by atoms with E-state index in [0.29, 0.717) is 13.1 Å². The minimum atomic E-state index is -0.958. The third kappa shape index (κ3) is 2.76. The van der Waals surface area contributed by atoms with Gasteiger partial charge in [-0.1, -0.05) is 49.0 Å². The predicted molar refractivity (Wildman–Crippen MR) is 72.4 cm³/mol. The smallest absolute Gasteiger partial charge is 0.332 e. The Morgan fingerprint density at radius 2 is 1.89 bits per heavy atom. The fourth-order valence-electron chi connectivity index (χ4n) is 1.87. The highest BCUT2D eigenvalue weighted by Gasteiger charge is 2.04. The van der Waals surface area contributed by atoms with Gasteiger partial charge in [0.05, 0.1) is 0 Å². The van der Waals surface area contributed by atoms with E-state index in [4.69, 9.17) is 5.11 Å². The largest absolute Gasteiger partial charge is 0.478 e. The highest BCUT2D eigenvalue weighted by atomic mass is 16.4. The van der Waals surface area contributed by atoms with Gasteiger partial charge in [-0.2, -0.15) is 0 Å². The van der Waals surface area contributed by atoms with Crippen molar-refractivity contribution in [1.29, 1.82) is 0 Å². The van der Waals surface area contributed by atoms with Crippen LogP contribution in [-0.2, 0) is 11.3 Å². The van der Waals surface area contributed by atoms with Crippen molar-refractivity contribution in [2.75, 3.05) is 6.54 Å². The van der Waals surface area contributed by atoms with Gasteiger partial charge in [0.1, 0.15) is 0 Å². The van der Waals surface area contributed by atoms with Crippen LogP contribution in [0, 0.1) is 0 Å². The Labute approximate surface area is 106 Å². The van der Waals surface area contributed by atoms with E-state index < -0.39 is 5.97 Å². The molecule has 0 radical (unpaired) electrons. The van der Waals surface area contributed by atoms with Crippen molar-refractivity contribution in [3.63, 3.8) is 0 Å². The molecule has 0 aliphatic rings. The van der Waals surface area contributed by atoms with Gasteiger partial charge in [-0.05, 0) is 16.3 Å². The number of nitrogens with one attached hydrogen (secondary N) is 1. The SMILES string of the molecule is C=C(CNCc1cccc2ccccc12)C(=O)O. The molecule has 0 aromatic heterocycles. The van der Waals surface area contributed by atoms with Crippen molar-refractivity contribution in [1.82, 2.24) is 5.32 Å². The van der Waals surface area contributed by atoms with Gasteiger partial charge in [-0.3, -0.25) is 0 Å². The second-order valence-electron chi connectivity index (χ2n) is 4.15. The van der Waals surface area contributed by atoms with Crippen LogP contribution in [0.3, 0.4) is 0 Å². The molecule has 2 rings (SSSR count). The molecule has 0 amide bonds. The molecular weight excluding hydrogens is 226 g/mol. The first-order valence-corrected chi connectivity index (χ1v) is 5.77. The fraction of sp³-hybridized carbons (Fsp3) is 0.133. The maximum atomic E-state index is 10.6. The molecule has 92 valence electrons. The summed E-state index contributed by atoms with van der Waals surface area (Å²) in [5.74, 6) is -0.958. The van der Waals surface area contributed by atoms with Crippen LogP contribution in [0.1, 0.15) is 5.56 Å². The highest BCUT2D eigenvalue weighted by Crippen LogP contribution is 2.18. The summed E-state index contributed by atoms with van der Waals surface area (Å²) in [7, 11) is 0. The van der Waals surface area contributed by atoms with Gasteiger partial charge in [-0.25, -0.2) is 4.79 Å². The lowest BCUT2D eigenvalue weighted by molar-refractivity contribution is -0.132. The summed E-state index contributed by atoms with van der Waals surface area (Å²) < 4.78 is 0. The summed E-state index contributed by atoms with van der Waals surface area (Å²) in [5, 5.41) is 14.2. The Bertz CT molecular complexity index is 585. The second kappa shape index (κ2) is 5.47. The number of carbonyl (C=O) groups is 1. The van der Waals surface area contributed by atoms with Crippen LogP contribution < -0.4 is 5.32 Å². The molecule has 0 spiro atoms. The second-order valence-corrected chi connectivity index (χ2v) is 4.15. The molecule has 0 fully saturated rings. The molecule has 0 aliphatic heterocycles. The quantitative estimate of drug-likeness (QED) is 0.791. The van der Waals surface area contributed by atoms with E-state index in [9.17, 15) is 4.79 Å². The van der Waals surface area contributed by atoms with Gasteiger partial charge in [0.15, 0.2) is 0 Å². The number of hydrogen-bond donors (Lipinski definition) is 2. The monoisotopic (exact) mass is 241 g/mol. The van der Waals surface area contributed by atoms with E-state index in [1.54, 1.807) is 0 Å². The molecule has 18 heavy (non-hydrogen) atoms. The molecule has 0 bridgehead atoms. The lowest BCUT2D eigenvalue weighted by atomic mass is 10.0. The van der Waals surface area contributed by atoms with Crippen LogP contribution in [0.4, 0.5) is 0 Å². The maximum absolute atomic E-state index is 10.6. The van der Waals surface area contributed by atoms with E-state index >= 15 is 0 Å². The topological polar surface area (TPSA) is 49.3 Å². The summed E-state index contributed by atoms with van der Waals surface area (Å²) >= 11 is 0. The average molecular weight is 241 g/mol. The van der Waals surface area contributed by atoms with Gasteiger partial charge < -0.3 is 10.4 Å². The first kappa shape index (κ1) is 12.3. The summed E-state index contributed by atoms with van der Waals surface area (Å²) in [5.41, 5.74) is 1.33. The first-order chi connectivity index (χ1) is 8.68. The lowest BCUT2D eigenvalue weighted by Gasteiger charge is -2.08. The molecule has 0 unspecified atom stereocenters. The highest BCUT2D eigenvalue weighted by molar-refractivity contribution is 5.86. The molecule has 0 atom stereocenters. The van der Waals surface area contributed by atoms with Gasteiger partial charge >= 0.3 is 5.97 Å². The zero-order valence-electron chi connectivity index (χ0n) is 10.0. The molecule has 2 aromatic rings. The van der Waals surface area contributed by atoms with Crippen LogP contribution in [0.2, 0.25) is 0 Å². The maximum Gasteiger partial charge on any atom is 0.332 e. The van der Waals surface area contributed by atoms with Crippen LogP contribution >= 0.6 is 0 Å². The van der Waals surface area contributed by atoms with Crippen molar-refractivity contribution >= 4 is 16.7 Å². The van der Waals surface area contributed by atoms with E-state index in [2.05, 4.69) is 30.1 Å². The van der Waals surface area contributed by atoms with Gasteiger partial charge in [-0.15, -0.1) is 0 Å². The van der Waals surface area contributed by atoms with E-state index in [1.165, 1.54) is 10.8 Å². The van der Waals surface area contributed by atoms with E-state index in [1.807, 2.05) is 24.3 Å². The van der Waals surface area contributed by atoms with Gasteiger partial charge in [0, 0.05) is 18.7 Å². The minimum absolute atomic E-state index is 0.176. The zero-order chi connectivity index (χ0) is 13.0. The van der Waals surface area contributed by atoms with E-state index in [0.717, 1.165) is 5.56 Å². The Kier molecular flexibility index (Phi) is 3.75. The zero-order valence-corrected chi connectivity index (χ0v) is 10.0. The first-order valence-electron chi connectivity index (χ1n) is 5.77. The molecule has 2 aromatic carbocycles. The number of carboxylic acid groups (broad SMARTS) is 1. The average Bonchev–Trinajstić information content (AvgIpc) is 2.38. The fourth-order valence-corrected chi connectivity index (χ4v) is 1.87. The lowest BCUT2D eigenvalue weighted by Crippen LogP contribution is -2.20. The Hall–Kier alpha value is -2.13. The summed E-state index contributed by atoms with van der Waals surface area (Å²) in [4.78, 5) is 10.6. The van der Waals surface area contributed by atoms with Crippen molar-refractivity contribution in [3.05, 3.63) is 60.2 Å². The minimum Gasteiger partial charge on any atom is -0.478 e. The standard InChI is InChI=1S/C15H15NO2/c1-11(15(17)18)9-16-10-13-7-4-6-12-5-2-3-8-14(12)13/h2-8,16H,1,9-10H2,(H,17,18). The van der Waals surface area contributed by atoms with Crippen LogP contribution in [0.15, 0.2) is 54.6 Å². The number of carboxylic acids is 1. The Morgan fingerprint density at radius 3 is 2.67 bits per heavy atom. The Balaban J connectivity index is 2.08. The van der Waals surface area contributed by atoms with Crippen molar-refractivity contribution in [2.24, 2.45) is 0 Å². The molecule has 3 nitrogen and oxygen atoms in total. The molecule has 3 heteroatoms. The normalized spacial score (nSPS) is 10.4. The molecule has 0 saturated heterocycles. The summed E-state index contributed by atoms with van der Waals surface area (Å²) in [6.07, 6.45) is 0. The van der Waals surface area contributed by atoms with Gasteiger partial charge in [0.25, 0.3) is 0 Å². The van der Waals surface area contributed by atoms with E-state index in [-0.39, 0.29) is 5.57 Å².